The number of alkyl carbamates (subject to hydrolysis) is 1. The molecule has 0 heterocycles. The molecule has 0 aliphatic rings. The number of hydrogen-bond donors (Lipinski definition) is 1. The van der Waals surface area contributed by atoms with E-state index in [1.54, 1.807) is 20.8 Å². The van der Waals surface area contributed by atoms with Crippen molar-refractivity contribution in [2.45, 2.75) is 32.4 Å². The van der Waals surface area contributed by atoms with Crippen LogP contribution in [0.5, 0.6) is 0 Å². The van der Waals surface area contributed by atoms with Crippen molar-refractivity contribution in [2.24, 2.45) is 0 Å². The maximum atomic E-state index is 11.1. The van der Waals surface area contributed by atoms with Crippen LogP contribution in [0.4, 0.5) is 4.79 Å². The molecule has 0 saturated heterocycles. The van der Waals surface area contributed by atoms with Gasteiger partial charge in [-0.2, -0.15) is 0 Å². The first-order valence-corrected chi connectivity index (χ1v) is 4.16. The summed E-state index contributed by atoms with van der Waals surface area (Å²) in [4.78, 5) is 22.0. The van der Waals surface area contributed by atoms with Gasteiger partial charge in [-0.3, -0.25) is 4.79 Å². The highest BCUT2D eigenvalue weighted by Gasteiger charge is 2.18. The third-order valence-electron chi connectivity index (χ3n) is 1.18. The van der Waals surface area contributed by atoms with Crippen LogP contribution in [0.15, 0.2) is 0 Å². The summed E-state index contributed by atoms with van der Waals surface area (Å²) in [5.41, 5.74) is -0.597. The van der Waals surface area contributed by atoms with Crippen LogP contribution in [0.3, 0.4) is 0 Å². The van der Waals surface area contributed by atoms with Crippen LogP contribution in [-0.2, 0) is 14.3 Å². The van der Waals surface area contributed by atoms with Crippen LogP contribution in [-0.4, -0.2) is 30.8 Å². The monoisotopic (exact) mass is 202 g/mol. The van der Waals surface area contributed by atoms with Crippen molar-refractivity contribution < 1.29 is 19.1 Å². The minimum atomic E-state index is -0.949. The van der Waals surface area contributed by atoms with Gasteiger partial charge in [0.25, 0.3) is 5.97 Å². The Hall–Kier alpha value is -1.26. The Kier molecular flexibility index (Phi) is 4.40. The lowest BCUT2D eigenvalue weighted by molar-refractivity contribution is -0.141. The van der Waals surface area contributed by atoms with Crippen LogP contribution in [0, 0.1) is 6.92 Å². The Bertz CT molecular complexity index is 219. The van der Waals surface area contributed by atoms with Gasteiger partial charge in [0, 0.05) is 6.04 Å². The number of amides is 1. The minimum absolute atomic E-state index is 0.597. The molecule has 82 valence electrons. The molecule has 0 rings (SSSR count). The van der Waals surface area contributed by atoms with Crippen LogP contribution >= 0.6 is 0 Å². The number of methoxy groups -OCH3 is 1. The first-order chi connectivity index (χ1) is 6.26. The van der Waals surface area contributed by atoms with Crippen molar-refractivity contribution in [3.63, 3.8) is 0 Å². The number of carbonyl (C=O) groups excluding carboxylic acids is 2. The molecular formula is C9H16NO4-. The van der Waals surface area contributed by atoms with E-state index in [1.165, 1.54) is 7.11 Å². The summed E-state index contributed by atoms with van der Waals surface area (Å²) in [7, 11) is 1.22. The molecular weight excluding hydrogens is 186 g/mol. The van der Waals surface area contributed by atoms with E-state index in [0.29, 0.717) is 0 Å². The van der Waals surface area contributed by atoms with Gasteiger partial charge in [-0.05, 0) is 20.8 Å². The zero-order valence-corrected chi connectivity index (χ0v) is 8.92. The van der Waals surface area contributed by atoms with E-state index >= 15 is 0 Å². The van der Waals surface area contributed by atoms with Crippen molar-refractivity contribution in [1.29, 1.82) is 0 Å². The summed E-state index contributed by atoms with van der Waals surface area (Å²) in [6, 6.07) is -0.949. The molecule has 0 aliphatic carbocycles. The predicted molar refractivity (Wildman–Crippen MR) is 50.5 cm³/mol. The summed E-state index contributed by atoms with van der Waals surface area (Å²) >= 11 is 0. The number of carbonyl (C=O) groups is 2. The second kappa shape index (κ2) is 4.83. The molecule has 0 aromatic heterocycles. The SMILES string of the molecule is [CH2-][C@H](NC(=O)OC(C)(C)C)C(=O)OC. The fourth-order valence-corrected chi connectivity index (χ4v) is 0.651. The number of ether oxygens (including phenoxy) is 2. The van der Waals surface area contributed by atoms with Crippen molar-refractivity contribution in [2.75, 3.05) is 7.11 Å². The smallest absolute Gasteiger partial charge is 0.405 e. The van der Waals surface area contributed by atoms with E-state index < -0.39 is 23.7 Å². The van der Waals surface area contributed by atoms with Gasteiger partial charge in [0.1, 0.15) is 5.60 Å². The predicted octanol–water partition coefficient (Wildman–Crippen LogP) is 0.887. The molecule has 0 fully saturated rings. The van der Waals surface area contributed by atoms with Gasteiger partial charge in [-0.25, -0.2) is 4.79 Å². The van der Waals surface area contributed by atoms with Crippen molar-refractivity contribution in [3.8, 4) is 0 Å². The largest absolute Gasteiger partial charge is 0.469 e. The van der Waals surface area contributed by atoms with Crippen LogP contribution in [0.2, 0.25) is 0 Å². The molecule has 14 heavy (non-hydrogen) atoms. The average Bonchev–Trinajstić information content (AvgIpc) is 1.99. The van der Waals surface area contributed by atoms with E-state index in [-0.39, 0.29) is 0 Å². The molecule has 1 amide bonds. The lowest BCUT2D eigenvalue weighted by Gasteiger charge is -2.23. The molecule has 0 bridgehead atoms. The van der Waals surface area contributed by atoms with Crippen LogP contribution in [0.25, 0.3) is 0 Å². The van der Waals surface area contributed by atoms with E-state index in [4.69, 9.17) is 4.74 Å². The topological polar surface area (TPSA) is 64.6 Å². The minimum Gasteiger partial charge on any atom is -0.469 e. The molecule has 5 nitrogen and oxygen atoms in total. The summed E-state index contributed by atoms with van der Waals surface area (Å²) in [5, 5.41) is 2.24. The van der Waals surface area contributed by atoms with E-state index in [1.807, 2.05) is 0 Å². The standard InChI is InChI=1S/C9H16NO4/c1-6(7(11)13-5)10-8(12)14-9(2,3)4/h6H,1H2,2-5H3,(H,10,12)/q-1/t6-/m0/s1. The Balaban J connectivity index is 4.01. The molecule has 0 aromatic rings. The molecule has 0 saturated carbocycles. The summed E-state index contributed by atoms with van der Waals surface area (Å²) in [5.74, 6) is -0.615. The average molecular weight is 202 g/mol. The molecule has 5 heteroatoms. The van der Waals surface area contributed by atoms with E-state index in [2.05, 4.69) is 17.0 Å². The first-order valence-electron chi connectivity index (χ1n) is 4.16. The molecule has 1 atom stereocenters. The van der Waals surface area contributed by atoms with Gasteiger partial charge >= 0.3 is 6.09 Å². The van der Waals surface area contributed by atoms with Crippen LogP contribution < -0.4 is 5.32 Å². The fraction of sp³-hybridized carbons (Fsp3) is 0.667. The molecule has 1 N–H and O–H groups in total. The highest BCUT2D eigenvalue weighted by molar-refractivity contribution is 5.81. The lowest BCUT2D eigenvalue weighted by atomic mass is 10.2. The third-order valence-corrected chi connectivity index (χ3v) is 1.18. The Morgan fingerprint density at radius 3 is 2.21 bits per heavy atom. The Morgan fingerprint density at radius 2 is 1.86 bits per heavy atom. The van der Waals surface area contributed by atoms with E-state index in [0.717, 1.165) is 0 Å². The highest BCUT2D eigenvalue weighted by Crippen LogP contribution is 2.06. The van der Waals surface area contributed by atoms with Gasteiger partial charge in [-0.1, -0.05) is 0 Å². The second-order valence-corrected chi connectivity index (χ2v) is 3.72. The Labute approximate surface area is 83.8 Å². The number of hydrogen-bond acceptors (Lipinski definition) is 4. The highest BCUT2D eigenvalue weighted by atomic mass is 16.6. The van der Waals surface area contributed by atoms with Gasteiger partial charge in [0.2, 0.25) is 0 Å². The third kappa shape index (κ3) is 5.40. The summed E-state index contributed by atoms with van der Waals surface area (Å²) in [6.45, 7) is 8.57. The quantitative estimate of drug-likeness (QED) is 0.533. The zero-order valence-electron chi connectivity index (χ0n) is 8.92. The normalized spacial score (nSPS) is 12.9. The number of nitrogens with one attached hydrogen (secondary N) is 1. The molecule has 0 aromatic carbocycles. The van der Waals surface area contributed by atoms with E-state index in [9.17, 15) is 9.59 Å². The zero-order chi connectivity index (χ0) is 11.4. The summed E-state index contributed by atoms with van der Waals surface area (Å²) in [6.07, 6.45) is -0.692. The molecule has 0 radical (unpaired) electrons. The van der Waals surface area contributed by atoms with Gasteiger partial charge < -0.3 is 21.7 Å². The van der Waals surface area contributed by atoms with Crippen molar-refractivity contribution in [1.82, 2.24) is 5.32 Å². The number of esters is 1. The van der Waals surface area contributed by atoms with Crippen LogP contribution in [0.1, 0.15) is 20.8 Å². The molecule has 0 spiro atoms. The first kappa shape index (κ1) is 12.7. The Morgan fingerprint density at radius 1 is 1.36 bits per heavy atom. The van der Waals surface area contributed by atoms with Crippen molar-refractivity contribution in [3.05, 3.63) is 6.92 Å². The van der Waals surface area contributed by atoms with Gasteiger partial charge in [0.15, 0.2) is 0 Å². The molecule has 0 unspecified atom stereocenters. The van der Waals surface area contributed by atoms with Gasteiger partial charge in [-0.15, -0.1) is 0 Å². The molecule has 0 aliphatic heterocycles. The maximum absolute atomic E-state index is 11.1. The second-order valence-electron chi connectivity index (χ2n) is 3.72. The maximum Gasteiger partial charge on any atom is 0.405 e. The van der Waals surface area contributed by atoms with Crippen molar-refractivity contribution >= 4 is 12.1 Å². The number of rotatable bonds is 2. The fourth-order valence-electron chi connectivity index (χ4n) is 0.651. The summed E-state index contributed by atoms with van der Waals surface area (Å²) < 4.78 is 9.28. The lowest BCUT2D eigenvalue weighted by Crippen LogP contribution is -2.42. The van der Waals surface area contributed by atoms with Gasteiger partial charge in [0.05, 0.1) is 7.11 Å².